The topological polar surface area (TPSA) is 50.4 Å². The molecule has 0 heterocycles. The zero-order chi connectivity index (χ0) is 17.7. The Bertz CT molecular complexity index is 680. The number of anilines is 1. The van der Waals surface area contributed by atoms with Crippen LogP contribution in [0.3, 0.4) is 0 Å². The Balaban J connectivity index is 1.98. The van der Waals surface area contributed by atoms with Crippen LogP contribution in [0.2, 0.25) is 0 Å². The molecular formula is C19H23FN2O2. The van der Waals surface area contributed by atoms with Crippen LogP contribution in [-0.2, 0) is 5.54 Å². The highest BCUT2D eigenvalue weighted by molar-refractivity contribution is 5.89. The van der Waals surface area contributed by atoms with Gasteiger partial charge in [0.25, 0.3) is 0 Å². The number of hydrogen-bond donors (Lipinski definition) is 2. The molecule has 0 aliphatic carbocycles. The normalized spacial score (nSPS) is 11.2. The van der Waals surface area contributed by atoms with E-state index >= 15 is 0 Å². The largest absolute Gasteiger partial charge is 0.491 e. The first-order valence-electron chi connectivity index (χ1n) is 7.88. The van der Waals surface area contributed by atoms with E-state index in [9.17, 15) is 9.18 Å². The lowest BCUT2D eigenvalue weighted by Gasteiger charge is -2.27. The second-order valence-electron chi connectivity index (χ2n) is 6.40. The van der Waals surface area contributed by atoms with Crippen LogP contribution in [0.5, 0.6) is 5.75 Å². The van der Waals surface area contributed by atoms with Crippen molar-refractivity contribution in [3.63, 3.8) is 0 Å². The van der Waals surface area contributed by atoms with Gasteiger partial charge >= 0.3 is 6.03 Å². The Hall–Kier alpha value is -2.56. The number of amides is 2. The molecule has 2 rings (SSSR count). The number of ether oxygens (including phenoxy) is 1. The summed E-state index contributed by atoms with van der Waals surface area (Å²) in [6, 6.07) is 12.9. The minimum Gasteiger partial charge on any atom is -0.491 e. The smallest absolute Gasteiger partial charge is 0.319 e. The van der Waals surface area contributed by atoms with E-state index in [1.54, 1.807) is 36.4 Å². The molecule has 0 atom stereocenters. The molecule has 5 heteroatoms. The summed E-state index contributed by atoms with van der Waals surface area (Å²) >= 11 is 0. The molecular weight excluding hydrogens is 307 g/mol. The lowest BCUT2D eigenvalue weighted by Crippen LogP contribution is -2.43. The molecule has 0 saturated heterocycles. The molecule has 4 nitrogen and oxygen atoms in total. The fraction of sp³-hybridized carbons (Fsp3) is 0.316. The van der Waals surface area contributed by atoms with Crippen LogP contribution in [0.1, 0.15) is 33.3 Å². The van der Waals surface area contributed by atoms with Gasteiger partial charge in [-0.05, 0) is 69.7 Å². The number of carbonyl (C=O) groups excluding carboxylic acids is 1. The highest BCUT2D eigenvalue weighted by Gasteiger charge is 2.22. The molecule has 0 aliphatic heterocycles. The first-order valence-corrected chi connectivity index (χ1v) is 7.88. The highest BCUT2D eigenvalue weighted by Crippen LogP contribution is 2.21. The zero-order valence-corrected chi connectivity index (χ0v) is 14.4. The summed E-state index contributed by atoms with van der Waals surface area (Å²) in [5, 5.41) is 5.66. The Morgan fingerprint density at radius 1 is 1.04 bits per heavy atom. The third-order valence-electron chi connectivity index (χ3n) is 3.48. The molecule has 0 aromatic heterocycles. The molecule has 24 heavy (non-hydrogen) atoms. The van der Waals surface area contributed by atoms with Gasteiger partial charge in [-0.2, -0.15) is 0 Å². The van der Waals surface area contributed by atoms with E-state index in [0.717, 1.165) is 11.3 Å². The number of nitrogens with one attached hydrogen (secondary N) is 2. The van der Waals surface area contributed by atoms with Crippen molar-refractivity contribution in [3.05, 3.63) is 59.9 Å². The average Bonchev–Trinajstić information content (AvgIpc) is 2.48. The lowest BCUT2D eigenvalue weighted by atomic mass is 9.94. The predicted molar refractivity (Wildman–Crippen MR) is 93.8 cm³/mol. The maximum absolute atomic E-state index is 13.0. The van der Waals surface area contributed by atoms with Crippen LogP contribution >= 0.6 is 0 Å². The standard InChI is InChI=1S/C19H23FN2O2/c1-13(2)24-17-11-9-16(10-12-17)21-18(23)22-19(3,4)14-5-7-15(20)8-6-14/h5-13H,1-4H3,(H2,21,22,23). The van der Waals surface area contributed by atoms with Crippen molar-refractivity contribution in [3.8, 4) is 5.75 Å². The molecule has 2 aromatic rings. The van der Waals surface area contributed by atoms with Crippen molar-refractivity contribution in [2.24, 2.45) is 0 Å². The molecule has 0 bridgehead atoms. The predicted octanol–water partition coefficient (Wildman–Crippen LogP) is 4.67. The SMILES string of the molecule is CC(C)Oc1ccc(NC(=O)NC(C)(C)c2ccc(F)cc2)cc1. The summed E-state index contributed by atoms with van der Waals surface area (Å²) in [4.78, 5) is 12.2. The van der Waals surface area contributed by atoms with Gasteiger partial charge in [0.1, 0.15) is 11.6 Å². The Labute approximate surface area is 142 Å². The first kappa shape index (κ1) is 17.8. The summed E-state index contributed by atoms with van der Waals surface area (Å²) < 4.78 is 18.6. The average molecular weight is 330 g/mol. The minimum atomic E-state index is -0.627. The fourth-order valence-electron chi connectivity index (χ4n) is 2.27. The van der Waals surface area contributed by atoms with Gasteiger partial charge in [0.05, 0.1) is 11.6 Å². The van der Waals surface area contributed by atoms with Crippen LogP contribution in [0.4, 0.5) is 14.9 Å². The Morgan fingerprint density at radius 3 is 2.17 bits per heavy atom. The van der Waals surface area contributed by atoms with E-state index in [2.05, 4.69) is 10.6 Å². The van der Waals surface area contributed by atoms with E-state index in [0.29, 0.717) is 5.69 Å². The maximum atomic E-state index is 13.0. The summed E-state index contributed by atoms with van der Waals surface area (Å²) in [6.07, 6.45) is 0.101. The van der Waals surface area contributed by atoms with Crippen molar-refractivity contribution in [2.75, 3.05) is 5.32 Å². The van der Waals surface area contributed by atoms with E-state index in [-0.39, 0.29) is 18.0 Å². The van der Waals surface area contributed by atoms with Gasteiger partial charge < -0.3 is 15.4 Å². The zero-order valence-electron chi connectivity index (χ0n) is 14.4. The summed E-state index contributed by atoms with van der Waals surface area (Å²) in [7, 11) is 0. The van der Waals surface area contributed by atoms with Crippen molar-refractivity contribution < 1.29 is 13.9 Å². The van der Waals surface area contributed by atoms with Gasteiger partial charge in [-0.25, -0.2) is 9.18 Å². The molecule has 0 aliphatic rings. The molecule has 128 valence electrons. The summed E-state index contributed by atoms with van der Waals surface area (Å²) in [5.74, 6) is 0.449. The number of benzene rings is 2. The first-order chi connectivity index (χ1) is 11.3. The quantitative estimate of drug-likeness (QED) is 0.837. The molecule has 2 amide bonds. The maximum Gasteiger partial charge on any atom is 0.319 e. The minimum absolute atomic E-state index is 0.101. The van der Waals surface area contributed by atoms with Crippen LogP contribution in [0.25, 0.3) is 0 Å². The second kappa shape index (κ2) is 7.34. The number of rotatable bonds is 5. The molecule has 0 saturated carbocycles. The van der Waals surface area contributed by atoms with Gasteiger partial charge in [0, 0.05) is 5.69 Å². The second-order valence-corrected chi connectivity index (χ2v) is 6.40. The van der Waals surface area contributed by atoms with E-state index in [1.807, 2.05) is 27.7 Å². The molecule has 0 fully saturated rings. The number of carbonyl (C=O) groups is 1. The van der Waals surface area contributed by atoms with Gasteiger partial charge in [-0.1, -0.05) is 12.1 Å². The van der Waals surface area contributed by atoms with Crippen molar-refractivity contribution in [1.82, 2.24) is 5.32 Å². The van der Waals surface area contributed by atoms with Crippen molar-refractivity contribution in [1.29, 1.82) is 0 Å². The third-order valence-corrected chi connectivity index (χ3v) is 3.48. The molecule has 0 radical (unpaired) electrons. The highest BCUT2D eigenvalue weighted by atomic mass is 19.1. The Morgan fingerprint density at radius 2 is 1.62 bits per heavy atom. The lowest BCUT2D eigenvalue weighted by molar-refractivity contribution is 0.241. The van der Waals surface area contributed by atoms with Crippen LogP contribution in [0, 0.1) is 5.82 Å². The number of halogens is 1. The van der Waals surface area contributed by atoms with Gasteiger partial charge in [-0.15, -0.1) is 0 Å². The van der Waals surface area contributed by atoms with Gasteiger partial charge in [0.2, 0.25) is 0 Å². The summed E-state index contributed by atoms with van der Waals surface area (Å²) in [6.45, 7) is 7.63. The molecule has 2 N–H and O–H groups in total. The third kappa shape index (κ3) is 4.98. The van der Waals surface area contributed by atoms with Crippen LogP contribution in [-0.4, -0.2) is 12.1 Å². The molecule has 2 aromatic carbocycles. The molecule has 0 spiro atoms. The molecule has 0 unspecified atom stereocenters. The van der Waals surface area contributed by atoms with E-state index in [4.69, 9.17) is 4.74 Å². The summed E-state index contributed by atoms with van der Waals surface area (Å²) in [5.41, 5.74) is 0.858. The van der Waals surface area contributed by atoms with Gasteiger partial charge in [0.15, 0.2) is 0 Å². The van der Waals surface area contributed by atoms with Gasteiger partial charge in [-0.3, -0.25) is 0 Å². The van der Waals surface area contributed by atoms with Crippen LogP contribution in [0.15, 0.2) is 48.5 Å². The monoisotopic (exact) mass is 330 g/mol. The number of hydrogen-bond acceptors (Lipinski definition) is 2. The van der Waals surface area contributed by atoms with Crippen LogP contribution < -0.4 is 15.4 Å². The number of urea groups is 1. The fourth-order valence-corrected chi connectivity index (χ4v) is 2.27. The Kier molecular flexibility index (Phi) is 5.44. The van der Waals surface area contributed by atoms with Crippen molar-refractivity contribution >= 4 is 11.7 Å². The van der Waals surface area contributed by atoms with Crippen molar-refractivity contribution in [2.45, 2.75) is 39.3 Å². The van der Waals surface area contributed by atoms with E-state index in [1.165, 1.54) is 12.1 Å². The van der Waals surface area contributed by atoms with E-state index < -0.39 is 5.54 Å².